The second-order valence-electron chi connectivity index (χ2n) is 4.87. The van der Waals surface area contributed by atoms with Crippen molar-refractivity contribution in [3.8, 4) is 0 Å². The SMILES string of the molecule is CCOC(=O)CCC(N)c1ccc2c(c1)C(=O)NCC2. The Kier molecular flexibility index (Phi) is 4.74. The molecular formula is C15H20N2O3. The number of rotatable bonds is 5. The fourth-order valence-corrected chi connectivity index (χ4v) is 2.33. The zero-order valence-corrected chi connectivity index (χ0v) is 11.6. The lowest BCUT2D eigenvalue weighted by molar-refractivity contribution is -0.143. The summed E-state index contributed by atoms with van der Waals surface area (Å²) in [5, 5.41) is 2.82. The van der Waals surface area contributed by atoms with Crippen LogP contribution >= 0.6 is 0 Å². The molecule has 5 heteroatoms. The predicted molar refractivity (Wildman–Crippen MR) is 75.3 cm³/mol. The van der Waals surface area contributed by atoms with Gasteiger partial charge in [0.1, 0.15) is 0 Å². The average molecular weight is 276 g/mol. The molecule has 1 amide bonds. The Bertz CT molecular complexity index is 514. The maximum absolute atomic E-state index is 11.8. The van der Waals surface area contributed by atoms with E-state index in [1.807, 2.05) is 18.2 Å². The summed E-state index contributed by atoms with van der Waals surface area (Å²) in [4.78, 5) is 23.1. The number of hydrogen-bond donors (Lipinski definition) is 2. The quantitative estimate of drug-likeness (QED) is 0.795. The molecule has 0 aliphatic carbocycles. The van der Waals surface area contributed by atoms with E-state index in [0.717, 1.165) is 17.5 Å². The molecule has 2 rings (SSSR count). The first-order chi connectivity index (χ1) is 9.61. The minimum Gasteiger partial charge on any atom is -0.466 e. The molecule has 0 aromatic heterocycles. The van der Waals surface area contributed by atoms with Crippen LogP contribution in [0, 0.1) is 0 Å². The van der Waals surface area contributed by atoms with E-state index in [4.69, 9.17) is 10.5 Å². The molecule has 1 aliphatic rings. The van der Waals surface area contributed by atoms with Crippen LogP contribution in [-0.4, -0.2) is 25.0 Å². The van der Waals surface area contributed by atoms with E-state index in [9.17, 15) is 9.59 Å². The van der Waals surface area contributed by atoms with E-state index < -0.39 is 0 Å². The van der Waals surface area contributed by atoms with E-state index in [0.29, 0.717) is 25.1 Å². The van der Waals surface area contributed by atoms with Gasteiger partial charge in [-0.25, -0.2) is 0 Å². The zero-order chi connectivity index (χ0) is 14.5. The molecule has 0 spiro atoms. The first kappa shape index (κ1) is 14.5. The van der Waals surface area contributed by atoms with Crippen molar-refractivity contribution in [3.63, 3.8) is 0 Å². The zero-order valence-electron chi connectivity index (χ0n) is 11.6. The van der Waals surface area contributed by atoms with Gasteiger partial charge in [-0.3, -0.25) is 9.59 Å². The monoisotopic (exact) mass is 276 g/mol. The van der Waals surface area contributed by atoms with Crippen LogP contribution in [-0.2, 0) is 16.0 Å². The molecule has 1 aromatic carbocycles. The lowest BCUT2D eigenvalue weighted by Gasteiger charge is -2.19. The highest BCUT2D eigenvalue weighted by Crippen LogP contribution is 2.22. The number of esters is 1. The Morgan fingerprint density at radius 1 is 1.50 bits per heavy atom. The van der Waals surface area contributed by atoms with Gasteiger partial charge in [-0.15, -0.1) is 0 Å². The molecule has 5 nitrogen and oxygen atoms in total. The van der Waals surface area contributed by atoms with Crippen LogP contribution in [0.3, 0.4) is 0 Å². The number of fused-ring (bicyclic) bond motifs is 1. The minimum atomic E-state index is -0.264. The van der Waals surface area contributed by atoms with Gasteiger partial charge in [-0.1, -0.05) is 12.1 Å². The molecule has 3 N–H and O–H groups in total. The highest BCUT2D eigenvalue weighted by atomic mass is 16.5. The van der Waals surface area contributed by atoms with Crippen LogP contribution in [0.25, 0.3) is 0 Å². The molecule has 0 saturated carbocycles. The van der Waals surface area contributed by atoms with Crippen molar-refractivity contribution in [1.82, 2.24) is 5.32 Å². The maximum Gasteiger partial charge on any atom is 0.305 e. The Morgan fingerprint density at radius 3 is 3.05 bits per heavy atom. The van der Waals surface area contributed by atoms with Gasteiger partial charge in [0.15, 0.2) is 0 Å². The highest BCUT2D eigenvalue weighted by Gasteiger charge is 2.18. The standard InChI is InChI=1S/C15H20N2O3/c1-2-20-14(18)6-5-13(16)11-4-3-10-7-8-17-15(19)12(10)9-11/h3-4,9,13H,2,5-8,16H2,1H3,(H,17,19). The molecule has 1 aliphatic heterocycles. The van der Waals surface area contributed by atoms with Crippen molar-refractivity contribution in [2.45, 2.75) is 32.2 Å². The second-order valence-corrected chi connectivity index (χ2v) is 4.87. The molecule has 0 saturated heterocycles. The lowest BCUT2D eigenvalue weighted by Crippen LogP contribution is -2.32. The summed E-state index contributed by atoms with van der Waals surface area (Å²) in [7, 11) is 0. The van der Waals surface area contributed by atoms with E-state index in [-0.39, 0.29) is 24.3 Å². The summed E-state index contributed by atoms with van der Waals surface area (Å²) in [5.74, 6) is -0.288. The number of nitrogens with one attached hydrogen (secondary N) is 1. The van der Waals surface area contributed by atoms with Crippen LogP contribution in [0.5, 0.6) is 0 Å². The third-order valence-corrected chi connectivity index (χ3v) is 3.45. The van der Waals surface area contributed by atoms with Crippen molar-refractivity contribution >= 4 is 11.9 Å². The lowest BCUT2D eigenvalue weighted by atomic mass is 9.94. The molecule has 0 radical (unpaired) electrons. The van der Waals surface area contributed by atoms with Crippen molar-refractivity contribution < 1.29 is 14.3 Å². The summed E-state index contributed by atoms with van der Waals surface area (Å²) in [6.07, 6.45) is 1.65. The van der Waals surface area contributed by atoms with Gasteiger partial charge in [-0.05, 0) is 37.0 Å². The first-order valence-electron chi connectivity index (χ1n) is 6.94. The van der Waals surface area contributed by atoms with Crippen LogP contribution in [0.4, 0.5) is 0 Å². The average Bonchev–Trinajstić information content (AvgIpc) is 2.45. The van der Waals surface area contributed by atoms with Gasteiger partial charge in [0.2, 0.25) is 0 Å². The van der Waals surface area contributed by atoms with Crippen LogP contribution in [0.2, 0.25) is 0 Å². The van der Waals surface area contributed by atoms with E-state index in [2.05, 4.69) is 5.32 Å². The summed E-state index contributed by atoms with van der Waals surface area (Å²) in [5.41, 5.74) is 8.70. The van der Waals surface area contributed by atoms with Crippen molar-refractivity contribution in [2.24, 2.45) is 5.73 Å². The van der Waals surface area contributed by atoms with Gasteiger partial charge in [0, 0.05) is 24.6 Å². The molecule has 1 unspecified atom stereocenters. The van der Waals surface area contributed by atoms with Crippen LogP contribution in [0.1, 0.15) is 47.3 Å². The van der Waals surface area contributed by atoms with E-state index in [1.165, 1.54) is 0 Å². The Morgan fingerprint density at radius 2 is 2.30 bits per heavy atom. The molecule has 108 valence electrons. The summed E-state index contributed by atoms with van der Waals surface area (Å²) in [6, 6.07) is 5.46. The third-order valence-electron chi connectivity index (χ3n) is 3.45. The van der Waals surface area contributed by atoms with Crippen LogP contribution < -0.4 is 11.1 Å². The van der Waals surface area contributed by atoms with Gasteiger partial charge in [0.25, 0.3) is 5.91 Å². The van der Waals surface area contributed by atoms with Gasteiger partial charge >= 0.3 is 5.97 Å². The largest absolute Gasteiger partial charge is 0.466 e. The fourth-order valence-electron chi connectivity index (χ4n) is 2.33. The Balaban J connectivity index is 2.03. The van der Waals surface area contributed by atoms with Crippen molar-refractivity contribution in [3.05, 3.63) is 34.9 Å². The summed E-state index contributed by atoms with van der Waals surface area (Å²) >= 11 is 0. The number of ether oxygens (including phenoxy) is 1. The van der Waals surface area contributed by atoms with Gasteiger partial charge in [-0.2, -0.15) is 0 Å². The van der Waals surface area contributed by atoms with Gasteiger partial charge in [0.05, 0.1) is 6.61 Å². The molecule has 20 heavy (non-hydrogen) atoms. The Hall–Kier alpha value is -1.88. The second kappa shape index (κ2) is 6.52. The van der Waals surface area contributed by atoms with Crippen molar-refractivity contribution in [1.29, 1.82) is 0 Å². The van der Waals surface area contributed by atoms with E-state index in [1.54, 1.807) is 6.92 Å². The van der Waals surface area contributed by atoms with Gasteiger partial charge < -0.3 is 15.8 Å². The molecule has 0 bridgehead atoms. The van der Waals surface area contributed by atoms with Crippen molar-refractivity contribution in [2.75, 3.05) is 13.2 Å². The third kappa shape index (κ3) is 3.36. The molecule has 0 fully saturated rings. The number of hydrogen-bond acceptors (Lipinski definition) is 4. The Labute approximate surface area is 118 Å². The normalized spacial score (nSPS) is 15.2. The number of nitrogens with two attached hydrogens (primary N) is 1. The number of amides is 1. The summed E-state index contributed by atoms with van der Waals surface area (Å²) < 4.78 is 4.88. The predicted octanol–water partition coefficient (Wildman–Crippen LogP) is 1.32. The van der Waals surface area contributed by atoms with E-state index >= 15 is 0 Å². The van der Waals surface area contributed by atoms with Crippen LogP contribution in [0.15, 0.2) is 18.2 Å². The molecule has 1 heterocycles. The topological polar surface area (TPSA) is 81.4 Å². The number of carbonyl (C=O) groups excluding carboxylic acids is 2. The minimum absolute atomic E-state index is 0.0503. The first-order valence-corrected chi connectivity index (χ1v) is 6.94. The molecular weight excluding hydrogens is 256 g/mol. The highest BCUT2D eigenvalue weighted by molar-refractivity contribution is 5.96. The smallest absolute Gasteiger partial charge is 0.305 e. The number of carbonyl (C=O) groups is 2. The fraction of sp³-hybridized carbons (Fsp3) is 0.467. The maximum atomic E-state index is 11.8. The molecule has 1 aromatic rings. The number of benzene rings is 1. The summed E-state index contributed by atoms with van der Waals surface area (Å²) in [6.45, 7) is 2.84. The molecule has 1 atom stereocenters.